The number of ether oxygens (including phenoxy) is 2. The molecule has 0 aromatic heterocycles. The molecule has 1 aliphatic heterocycles. The summed E-state index contributed by atoms with van der Waals surface area (Å²) >= 11 is 0. The van der Waals surface area contributed by atoms with Crippen LogP contribution in [0.25, 0.3) is 0 Å². The van der Waals surface area contributed by atoms with Gasteiger partial charge in [0.25, 0.3) is 0 Å². The van der Waals surface area contributed by atoms with Crippen molar-refractivity contribution in [2.24, 2.45) is 5.92 Å². The zero-order chi connectivity index (χ0) is 11.9. The number of rotatable bonds is 2. The maximum absolute atomic E-state index is 10.8. The molecule has 1 N–H and O–H groups in total. The lowest BCUT2D eigenvalue weighted by Gasteiger charge is -2.21. The molecule has 2 rings (SSSR count). The van der Waals surface area contributed by atoms with Crippen molar-refractivity contribution in [2.75, 3.05) is 0 Å². The molecule has 2 aliphatic rings. The van der Waals surface area contributed by atoms with E-state index in [1.165, 1.54) is 0 Å². The highest BCUT2D eigenvalue weighted by molar-refractivity contribution is 5.67. The molecule has 1 saturated heterocycles. The molecule has 0 spiro atoms. The summed E-state index contributed by atoms with van der Waals surface area (Å²) in [5.74, 6) is -1.24. The largest absolute Gasteiger partial charge is 0.481 e. The lowest BCUT2D eigenvalue weighted by molar-refractivity contribution is -0.150. The number of allylic oxidation sites excluding steroid dienone is 1. The number of fused-ring (bicyclic) bond motifs is 1. The quantitative estimate of drug-likeness (QED) is 0.731. The number of carboxylic acid groups (broad SMARTS) is 1. The minimum Gasteiger partial charge on any atom is -0.481 e. The lowest BCUT2D eigenvalue weighted by atomic mass is 9.98. The molecule has 3 atom stereocenters. The van der Waals surface area contributed by atoms with E-state index in [1.54, 1.807) is 0 Å². The van der Waals surface area contributed by atoms with Crippen molar-refractivity contribution in [1.82, 2.24) is 0 Å². The van der Waals surface area contributed by atoms with Crippen molar-refractivity contribution < 1.29 is 19.4 Å². The summed E-state index contributed by atoms with van der Waals surface area (Å²) in [5, 5.41) is 8.84. The van der Waals surface area contributed by atoms with Crippen molar-refractivity contribution in [3.8, 4) is 0 Å². The number of hydrogen-bond acceptors (Lipinski definition) is 3. The SMILES string of the molecule is C/C=C1\[C@@H](CC(=O)O)C[C@@H]2OC(C)(C)O[C@H]12. The Kier molecular flexibility index (Phi) is 2.80. The molecule has 2 fully saturated rings. The fraction of sp³-hybridized carbons (Fsp3) is 0.750. The van der Waals surface area contributed by atoms with Gasteiger partial charge in [-0.2, -0.15) is 0 Å². The first-order valence-electron chi connectivity index (χ1n) is 5.66. The zero-order valence-corrected chi connectivity index (χ0v) is 9.90. The summed E-state index contributed by atoms with van der Waals surface area (Å²) in [6.45, 7) is 5.72. The van der Waals surface area contributed by atoms with E-state index in [2.05, 4.69) is 0 Å². The Morgan fingerprint density at radius 2 is 2.25 bits per heavy atom. The third kappa shape index (κ3) is 1.99. The van der Waals surface area contributed by atoms with E-state index in [0.29, 0.717) is 0 Å². The molecule has 0 aromatic carbocycles. The molecular weight excluding hydrogens is 208 g/mol. The van der Waals surface area contributed by atoms with Gasteiger partial charge in [-0.1, -0.05) is 6.08 Å². The third-order valence-corrected chi connectivity index (χ3v) is 3.25. The average Bonchev–Trinajstić information content (AvgIpc) is 2.54. The van der Waals surface area contributed by atoms with Crippen LogP contribution in [0.15, 0.2) is 11.6 Å². The highest BCUT2D eigenvalue weighted by Gasteiger charge is 2.50. The second kappa shape index (κ2) is 3.86. The van der Waals surface area contributed by atoms with Crippen LogP contribution in [0.4, 0.5) is 0 Å². The molecule has 16 heavy (non-hydrogen) atoms. The van der Waals surface area contributed by atoms with Gasteiger partial charge in [-0.3, -0.25) is 4.79 Å². The summed E-state index contributed by atoms with van der Waals surface area (Å²) < 4.78 is 11.6. The predicted octanol–water partition coefficient (Wildman–Crippen LogP) is 1.95. The highest BCUT2D eigenvalue weighted by atomic mass is 16.8. The Bertz CT molecular complexity index is 332. The minimum absolute atomic E-state index is 0.0190. The van der Waals surface area contributed by atoms with E-state index < -0.39 is 11.8 Å². The Balaban J connectivity index is 2.13. The van der Waals surface area contributed by atoms with Crippen LogP contribution in [0.2, 0.25) is 0 Å². The van der Waals surface area contributed by atoms with Gasteiger partial charge >= 0.3 is 5.97 Å². The monoisotopic (exact) mass is 226 g/mol. The van der Waals surface area contributed by atoms with Crippen molar-refractivity contribution in [1.29, 1.82) is 0 Å². The zero-order valence-electron chi connectivity index (χ0n) is 9.90. The molecule has 0 amide bonds. The van der Waals surface area contributed by atoms with Crippen molar-refractivity contribution in [2.45, 2.75) is 51.6 Å². The van der Waals surface area contributed by atoms with E-state index in [9.17, 15) is 4.79 Å². The summed E-state index contributed by atoms with van der Waals surface area (Å²) in [6.07, 6.45) is 2.86. The summed E-state index contributed by atoms with van der Waals surface area (Å²) in [5.41, 5.74) is 1.08. The van der Waals surface area contributed by atoms with Crippen molar-refractivity contribution >= 4 is 5.97 Å². The maximum atomic E-state index is 10.8. The van der Waals surface area contributed by atoms with Gasteiger partial charge in [0.2, 0.25) is 0 Å². The second-order valence-electron chi connectivity index (χ2n) is 4.91. The Labute approximate surface area is 95.2 Å². The highest BCUT2D eigenvalue weighted by Crippen LogP contribution is 2.45. The third-order valence-electron chi connectivity index (χ3n) is 3.25. The van der Waals surface area contributed by atoms with Crippen LogP contribution in [0.1, 0.15) is 33.6 Å². The van der Waals surface area contributed by atoms with Crippen molar-refractivity contribution in [3.05, 3.63) is 11.6 Å². The molecule has 4 heteroatoms. The summed E-state index contributed by atoms with van der Waals surface area (Å²) in [4.78, 5) is 10.8. The molecule has 1 heterocycles. The smallest absolute Gasteiger partial charge is 0.303 e. The van der Waals surface area contributed by atoms with Crippen molar-refractivity contribution in [3.63, 3.8) is 0 Å². The van der Waals surface area contributed by atoms with Crippen LogP contribution in [0.5, 0.6) is 0 Å². The Hall–Kier alpha value is -0.870. The molecular formula is C12H18O4. The van der Waals surface area contributed by atoms with E-state index in [-0.39, 0.29) is 24.5 Å². The Morgan fingerprint density at radius 3 is 2.81 bits per heavy atom. The van der Waals surface area contributed by atoms with Gasteiger partial charge in [-0.15, -0.1) is 0 Å². The fourth-order valence-electron chi connectivity index (χ4n) is 2.75. The first kappa shape index (κ1) is 11.6. The lowest BCUT2D eigenvalue weighted by Crippen LogP contribution is -2.24. The second-order valence-corrected chi connectivity index (χ2v) is 4.91. The Morgan fingerprint density at radius 1 is 1.56 bits per heavy atom. The van der Waals surface area contributed by atoms with E-state index in [1.807, 2.05) is 26.8 Å². The van der Waals surface area contributed by atoms with Crippen LogP contribution in [-0.4, -0.2) is 29.1 Å². The van der Waals surface area contributed by atoms with Crippen LogP contribution in [0, 0.1) is 5.92 Å². The number of aliphatic carboxylic acids is 1. The normalized spacial score (nSPS) is 38.9. The van der Waals surface area contributed by atoms with Gasteiger partial charge in [-0.05, 0) is 38.7 Å². The molecule has 0 unspecified atom stereocenters. The van der Waals surface area contributed by atoms with Gasteiger partial charge < -0.3 is 14.6 Å². The molecule has 1 aliphatic carbocycles. The standard InChI is InChI=1S/C12H18O4/c1-4-8-7(6-10(13)14)5-9-11(8)16-12(2,3)15-9/h4,7,9,11H,5-6H2,1-3H3,(H,13,14)/b8-4+/t7-,9+,11-/m1/s1. The summed E-state index contributed by atoms with van der Waals surface area (Å²) in [6, 6.07) is 0. The van der Waals surface area contributed by atoms with Gasteiger partial charge in [-0.25, -0.2) is 0 Å². The minimum atomic E-state index is -0.761. The molecule has 4 nitrogen and oxygen atoms in total. The molecule has 0 aromatic rings. The number of hydrogen-bond donors (Lipinski definition) is 1. The van der Waals surface area contributed by atoms with Gasteiger partial charge in [0.05, 0.1) is 12.5 Å². The van der Waals surface area contributed by atoms with Crippen LogP contribution >= 0.6 is 0 Å². The van der Waals surface area contributed by atoms with Gasteiger partial charge in [0.1, 0.15) is 6.10 Å². The average molecular weight is 226 g/mol. The van der Waals surface area contributed by atoms with Gasteiger partial charge in [0.15, 0.2) is 5.79 Å². The van der Waals surface area contributed by atoms with E-state index >= 15 is 0 Å². The first-order valence-corrected chi connectivity index (χ1v) is 5.66. The number of carbonyl (C=O) groups is 1. The van der Waals surface area contributed by atoms with Crippen LogP contribution in [-0.2, 0) is 14.3 Å². The molecule has 90 valence electrons. The first-order chi connectivity index (χ1) is 7.43. The van der Waals surface area contributed by atoms with Crippen LogP contribution < -0.4 is 0 Å². The predicted molar refractivity (Wildman–Crippen MR) is 57.9 cm³/mol. The molecule has 0 radical (unpaired) electrons. The van der Waals surface area contributed by atoms with E-state index in [0.717, 1.165) is 12.0 Å². The van der Waals surface area contributed by atoms with Crippen LogP contribution in [0.3, 0.4) is 0 Å². The topological polar surface area (TPSA) is 55.8 Å². The summed E-state index contributed by atoms with van der Waals surface area (Å²) in [7, 11) is 0. The maximum Gasteiger partial charge on any atom is 0.303 e. The fourth-order valence-corrected chi connectivity index (χ4v) is 2.75. The molecule has 0 bridgehead atoms. The van der Waals surface area contributed by atoms with Gasteiger partial charge in [0, 0.05) is 0 Å². The number of carboxylic acids is 1. The van der Waals surface area contributed by atoms with E-state index in [4.69, 9.17) is 14.6 Å². The molecule has 1 saturated carbocycles.